The van der Waals surface area contributed by atoms with E-state index in [0.29, 0.717) is 19.5 Å². The van der Waals surface area contributed by atoms with Gasteiger partial charge in [0.25, 0.3) is 0 Å². The van der Waals surface area contributed by atoms with E-state index in [1.165, 1.54) is 25.7 Å². The molecule has 1 unspecified atom stereocenters. The first-order chi connectivity index (χ1) is 15.6. The fourth-order valence-electron chi connectivity index (χ4n) is 4.57. The zero-order valence-corrected chi connectivity index (χ0v) is 18.9. The highest BCUT2D eigenvalue weighted by molar-refractivity contribution is 5.99. The van der Waals surface area contributed by atoms with Gasteiger partial charge in [-0.05, 0) is 55.5 Å². The van der Waals surface area contributed by atoms with Crippen LogP contribution in [-0.2, 0) is 11.3 Å². The van der Waals surface area contributed by atoms with Crippen molar-refractivity contribution in [3.63, 3.8) is 0 Å². The number of hydrogen-bond donors (Lipinski definition) is 1. The highest BCUT2D eigenvalue weighted by Gasteiger charge is 2.34. The smallest absolute Gasteiger partial charge is 0.318 e. The molecule has 1 aromatic carbocycles. The lowest BCUT2D eigenvalue weighted by Crippen LogP contribution is -2.55. The maximum absolute atomic E-state index is 13.1. The maximum atomic E-state index is 13.1. The van der Waals surface area contributed by atoms with Gasteiger partial charge in [-0.15, -0.1) is 0 Å². The SMILES string of the molecule is CN(C(=O)NCc1ccnc(N2CCCCCC2)c1)C1CCCN(c2ccccc2)C1=O. The lowest BCUT2D eigenvalue weighted by molar-refractivity contribution is -0.123. The van der Waals surface area contributed by atoms with Crippen molar-refractivity contribution in [3.05, 3.63) is 54.2 Å². The number of para-hydroxylation sites is 1. The number of rotatable bonds is 5. The van der Waals surface area contributed by atoms with E-state index < -0.39 is 6.04 Å². The van der Waals surface area contributed by atoms with Gasteiger partial charge in [0.1, 0.15) is 11.9 Å². The largest absolute Gasteiger partial charge is 0.357 e. The van der Waals surface area contributed by atoms with Crippen LogP contribution in [0.15, 0.2) is 48.7 Å². The van der Waals surface area contributed by atoms with Crippen LogP contribution in [0, 0.1) is 0 Å². The summed E-state index contributed by atoms with van der Waals surface area (Å²) in [6.45, 7) is 3.17. The fourth-order valence-corrected chi connectivity index (χ4v) is 4.57. The van der Waals surface area contributed by atoms with E-state index in [1.54, 1.807) is 16.8 Å². The van der Waals surface area contributed by atoms with Crippen LogP contribution in [0.25, 0.3) is 0 Å². The van der Waals surface area contributed by atoms with Gasteiger partial charge in [0.2, 0.25) is 5.91 Å². The number of urea groups is 1. The van der Waals surface area contributed by atoms with Crippen molar-refractivity contribution >= 4 is 23.4 Å². The van der Waals surface area contributed by atoms with Gasteiger partial charge in [-0.3, -0.25) is 4.79 Å². The lowest BCUT2D eigenvalue weighted by Gasteiger charge is -2.36. The van der Waals surface area contributed by atoms with Crippen LogP contribution >= 0.6 is 0 Å². The zero-order chi connectivity index (χ0) is 22.3. The highest BCUT2D eigenvalue weighted by atomic mass is 16.2. The Labute approximate surface area is 190 Å². The quantitative estimate of drug-likeness (QED) is 0.776. The Morgan fingerprint density at radius 2 is 1.81 bits per heavy atom. The van der Waals surface area contributed by atoms with E-state index in [0.717, 1.165) is 36.6 Å². The average Bonchev–Trinajstić information content (AvgIpc) is 3.13. The first-order valence-electron chi connectivity index (χ1n) is 11.7. The van der Waals surface area contributed by atoms with Gasteiger partial charge >= 0.3 is 6.03 Å². The number of benzene rings is 1. The third kappa shape index (κ3) is 5.21. The van der Waals surface area contributed by atoms with Crippen molar-refractivity contribution in [1.82, 2.24) is 15.2 Å². The number of carbonyl (C=O) groups excluding carboxylic acids is 2. The number of aromatic nitrogens is 1. The molecular weight excluding hydrogens is 402 g/mol. The molecule has 0 saturated carbocycles. The van der Waals surface area contributed by atoms with Crippen LogP contribution in [0.1, 0.15) is 44.1 Å². The van der Waals surface area contributed by atoms with E-state index in [9.17, 15) is 9.59 Å². The van der Waals surface area contributed by atoms with Crippen molar-refractivity contribution in [3.8, 4) is 0 Å². The number of carbonyl (C=O) groups is 2. The Hall–Kier alpha value is -3.09. The Morgan fingerprint density at radius 1 is 1.06 bits per heavy atom. The van der Waals surface area contributed by atoms with Gasteiger partial charge in [-0.25, -0.2) is 9.78 Å². The van der Waals surface area contributed by atoms with Crippen molar-refractivity contribution in [1.29, 1.82) is 0 Å². The minimum atomic E-state index is -0.450. The summed E-state index contributed by atoms with van der Waals surface area (Å²) in [4.78, 5) is 36.2. The Kier molecular flexibility index (Phi) is 7.24. The average molecular weight is 436 g/mol. The number of piperidine rings is 1. The molecule has 4 rings (SSSR count). The molecule has 1 N–H and O–H groups in total. The Morgan fingerprint density at radius 3 is 2.56 bits per heavy atom. The molecule has 1 aromatic heterocycles. The molecule has 2 fully saturated rings. The third-order valence-electron chi connectivity index (χ3n) is 6.45. The van der Waals surface area contributed by atoms with E-state index >= 15 is 0 Å². The van der Waals surface area contributed by atoms with Crippen LogP contribution in [0.4, 0.5) is 16.3 Å². The van der Waals surface area contributed by atoms with Crippen molar-refractivity contribution in [2.24, 2.45) is 0 Å². The first-order valence-corrected chi connectivity index (χ1v) is 11.7. The second-order valence-electron chi connectivity index (χ2n) is 8.68. The summed E-state index contributed by atoms with van der Waals surface area (Å²) >= 11 is 0. The van der Waals surface area contributed by atoms with Crippen molar-refractivity contribution < 1.29 is 9.59 Å². The number of amides is 3. The predicted octanol–water partition coefficient (Wildman–Crippen LogP) is 3.80. The van der Waals surface area contributed by atoms with Crippen LogP contribution in [-0.4, -0.2) is 54.5 Å². The fraction of sp³-hybridized carbons (Fsp3) is 0.480. The van der Waals surface area contributed by atoms with Gasteiger partial charge < -0.3 is 20.0 Å². The number of likely N-dealkylation sites (N-methyl/N-ethyl adjacent to an activating group) is 1. The summed E-state index contributed by atoms with van der Waals surface area (Å²) in [6, 6.07) is 13.0. The summed E-state index contributed by atoms with van der Waals surface area (Å²) in [7, 11) is 1.71. The maximum Gasteiger partial charge on any atom is 0.318 e. The summed E-state index contributed by atoms with van der Waals surface area (Å²) < 4.78 is 0. The van der Waals surface area contributed by atoms with E-state index in [2.05, 4.69) is 21.3 Å². The molecule has 1 atom stereocenters. The molecule has 32 heavy (non-hydrogen) atoms. The molecular formula is C25H33N5O2. The van der Waals surface area contributed by atoms with E-state index in [1.807, 2.05) is 42.6 Å². The van der Waals surface area contributed by atoms with Gasteiger partial charge in [0, 0.05) is 45.1 Å². The molecule has 7 heteroatoms. The summed E-state index contributed by atoms with van der Waals surface area (Å²) in [5.41, 5.74) is 1.90. The minimum absolute atomic E-state index is 0.0209. The lowest BCUT2D eigenvalue weighted by atomic mass is 10.0. The number of hydrogen-bond acceptors (Lipinski definition) is 4. The highest BCUT2D eigenvalue weighted by Crippen LogP contribution is 2.23. The first kappa shape index (κ1) is 22.1. The molecule has 2 saturated heterocycles. The summed E-state index contributed by atoms with van der Waals surface area (Å²) in [5, 5.41) is 2.98. The molecule has 7 nitrogen and oxygen atoms in total. The predicted molar refractivity (Wildman–Crippen MR) is 127 cm³/mol. The molecule has 2 aromatic rings. The second-order valence-corrected chi connectivity index (χ2v) is 8.68. The van der Waals surface area contributed by atoms with Gasteiger partial charge in [0.15, 0.2) is 0 Å². The van der Waals surface area contributed by atoms with Crippen LogP contribution in [0.2, 0.25) is 0 Å². The minimum Gasteiger partial charge on any atom is -0.357 e. The molecule has 3 amide bonds. The molecule has 0 aliphatic carbocycles. The number of nitrogens with one attached hydrogen (secondary N) is 1. The summed E-state index contributed by atoms with van der Waals surface area (Å²) in [5.74, 6) is 0.959. The number of anilines is 2. The van der Waals surface area contributed by atoms with Crippen LogP contribution in [0.5, 0.6) is 0 Å². The normalized spacial score (nSPS) is 19.4. The third-order valence-corrected chi connectivity index (χ3v) is 6.45. The van der Waals surface area contributed by atoms with Crippen molar-refractivity contribution in [2.75, 3.05) is 36.5 Å². The molecule has 0 radical (unpaired) electrons. The van der Waals surface area contributed by atoms with Gasteiger partial charge in [-0.1, -0.05) is 31.0 Å². The molecule has 2 aliphatic rings. The van der Waals surface area contributed by atoms with Gasteiger partial charge in [0.05, 0.1) is 0 Å². The topological polar surface area (TPSA) is 68.8 Å². The molecule has 0 spiro atoms. The van der Waals surface area contributed by atoms with Crippen molar-refractivity contribution in [2.45, 2.75) is 51.1 Å². The molecule has 3 heterocycles. The monoisotopic (exact) mass is 435 g/mol. The van der Waals surface area contributed by atoms with Gasteiger partial charge in [-0.2, -0.15) is 0 Å². The molecule has 0 bridgehead atoms. The van der Waals surface area contributed by atoms with Crippen LogP contribution in [0.3, 0.4) is 0 Å². The van der Waals surface area contributed by atoms with E-state index in [4.69, 9.17) is 0 Å². The van der Waals surface area contributed by atoms with Crippen LogP contribution < -0.4 is 15.1 Å². The number of nitrogens with zero attached hydrogens (tertiary/aromatic N) is 4. The Balaban J connectivity index is 1.35. The molecule has 170 valence electrons. The van der Waals surface area contributed by atoms with E-state index in [-0.39, 0.29) is 11.9 Å². The second kappa shape index (κ2) is 10.5. The molecule has 2 aliphatic heterocycles. The Bertz CT molecular complexity index is 912. The zero-order valence-electron chi connectivity index (χ0n) is 18.9. The number of pyridine rings is 1. The summed E-state index contributed by atoms with van der Waals surface area (Å²) in [6.07, 6.45) is 8.31. The standard InChI is InChI=1S/C25H33N5O2/c1-28(22-12-9-17-30(24(22)31)21-10-5-4-6-11-21)25(32)27-19-20-13-14-26-23(18-20)29-15-7-2-3-8-16-29/h4-6,10-11,13-14,18,22H,2-3,7-9,12,15-17,19H2,1H3,(H,27,32).